The fourth-order valence-electron chi connectivity index (χ4n) is 3.20. The zero-order valence-corrected chi connectivity index (χ0v) is 14.8. The van der Waals surface area contributed by atoms with Crippen LogP contribution in [0.25, 0.3) is 11.1 Å². The number of fused-ring (bicyclic) bond motifs is 1. The molecule has 0 radical (unpaired) electrons. The van der Waals surface area contributed by atoms with Crippen molar-refractivity contribution in [1.29, 1.82) is 0 Å². The zero-order chi connectivity index (χ0) is 17.4. The second-order valence-electron chi connectivity index (χ2n) is 6.44. The van der Waals surface area contributed by atoms with Crippen LogP contribution in [0.2, 0.25) is 0 Å². The summed E-state index contributed by atoms with van der Waals surface area (Å²) in [7, 11) is -3.47. The topological polar surface area (TPSA) is 37.4 Å². The van der Waals surface area contributed by atoms with Crippen molar-refractivity contribution in [2.24, 2.45) is 0 Å². The van der Waals surface area contributed by atoms with Gasteiger partial charge in [-0.2, -0.15) is 4.31 Å². The van der Waals surface area contributed by atoms with Gasteiger partial charge in [0.25, 0.3) is 0 Å². The fourth-order valence-corrected chi connectivity index (χ4v) is 4.60. The van der Waals surface area contributed by atoms with Gasteiger partial charge in [-0.3, -0.25) is 0 Å². The van der Waals surface area contributed by atoms with E-state index in [1.54, 1.807) is 16.4 Å². The van der Waals surface area contributed by atoms with Gasteiger partial charge in [0.2, 0.25) is 10.0 Å². The molecule has 0 saturated heterocycles. The molecule has 25 heavy (non-hydrogen) atoms. The molecule has 0 spiro atoms. The zero-order valence-electron chi connectivity index (χ0n) is 14.0. The highest BCUT2D eigenvalue weighted by atomic mass is 32.2. The molecule has 0 saturated carbocycles. The first-order chi connectivity index (χ1) is 12.0. The van der Waals surface area contributed by atoms with E-state index < -0.39 is 10.0 Å². The Morgan fingerprint density at radius 1 is 0.760 bits per heavy atom. The van der Waals surface area contributed by atoms with Crippen LogP contribution in [-0.2, 0) is 23.1 Å². The molecule has 3 aromatic carbocycles. The molecule has 0 fully saturated rings. The van der Waals surface area contributed by atoms with Crippen LogP contribution in [0.3, 0.4) is 0 Å². The summed E-state index contributed by atoms with van der Waals surface area (Å²) in [6.45, 7) is 2.81. The monoisotopic (exact) mass is 349 g/mol. The molecule has 1 aliphatic rings. The standard InChI is InChI=1S/C21H19NO2S/c1-16-7-11-21(12-8-16)25(23,24)22-14-19-10-9-18(13-20(19)15-22)17-5-3-2-4-6-17/h2-13H,14-15H2,1H3. The highest BCUT2D eigenvalue weighted by Crippen LogP contribution is 2.31. The van der Waals surface area contributed by atoms with E-state index in [1.807, 2.05) is 43.3 Å². The lowest BCUT2D eigenvalue weighted by molar-refractivity contribution is 0.431. The molecule has 3 nitrogen and oxygen atoms in total. The van der Waals surface area contributed by atoms with E-state index in [-0.39, 0.29) is 0 Å². The molecule has 0 aromatic heterocycles. The van der Waals surface area contributed by atoms with Crippen LogP contribution in [0.5, 0.6) is 0 Å². The molecule has 3 aromatic rings. The van der Waals surface area contributed by atoms with Gasteiger partial charge in [0.1, 0.15) is 0 Å². The van der Waals surface area contributed by atoms with Crippen LogP contribution >= 0.6 is 0 Å². The maximum Gasteiger partial charge on any atom is 0.243 e. The number of benzene rings is 3. The minimum atomic E-state index is -3.47. The SMILES string of the molecule is Cc1ccc(S(=O)(=O)N2Cc3ccc(-c4ccccc4)cc3C2)cc1. The third-order valence-electron chi connectivity index (χ3n) is 4.67. The summed E-state index contributed by atoms with van der Waals surface area (Å²) in [6, 6.07) is 23.4. The summed E-state index contributed by atoms with van der Waals surface area (Å²) in [5.74, 6) is 0. The van der Waals surface area contributed by atoms with Gasteiger partial charge in [0.15, 0.2) is 0 Å². The smallest absolute Gasteiger partial charge is 0.207 e. The first-order valence-corrected chi connectivity index (χ1v) is 9.72. The predicted molar refractivity (Wildman–Crippen MR) is 99.5 cm³/mol. The third kappa shape index (κ3) is 2.99. The molecule has 0 aliphatic carbocycles. The van der Waals surface area contributed by atoms with Crippen molar-refractivity contribution in [3.05, 3.63) is 89.5 Å². The Labute approximate surface area is 148 Å². The van der Waals surface area contributed by atoms with E-state index >= 15 is 0 Å². The molecule has 0 amide bonds. The van der Waals surface area contributed by atoms with Crippen LogP contribution in [-0.4, -0.2) is 12.7 Å². The van der Waals surface area contributed by atoms with Crippen molar-refractivity contribution in [3.63, 3.8) is 0 Å². The average molecular weight is 349 g/mol. The normalized spacial score (nSPS) is 14.4. The molecular formula is C21H19NO2S. The number of aryl methyl sites for hydroxylation is 1. The van der Waals surface area contributed by atoms with Gasteiger partial charge in [0.05, 0.1) is 4.90 Å². The van der Waals surface area contributed by atoms with Crippen molar-refractivity contribution in [1.82, 2.24) is 4.31 Å². The Balaban J connectivity index is 1.64. The molecule has 0 atom stereocenters. The van der Waals surface area contributed by atoms with Crippen LogP contribution in [0, 0.1) is 6.92 Å². The summed E-state index contributed by atoms with van der Waals surface area (Å²) < 4.78 is 27.3. The van der Waals surface area contributed by atoms with Crippen molar-refractivity contribution in [2.75, 3.05) is 0 Å². The van der Waals surface area contributed by atoms with Gasteiger partial charge in [-0.15, -0.1) is 0 Å². The van der Waals surface area contributed by atoms with Gasteiger partial charge in [0, 0.05) is 13.1 Å². The third-order valence-corrected chi connectivity index (χ3v) is 6.47. The van der Waals surface area contributed by atoms with Crippen molar-refractivity contribution in [3.8, 4) is 11.1 Å². The van der Waals surface area contributed by atoms with Gasteiger partial charge >= 0.3 is 0 Å². The lowest BCUT2D eigenvalue weighted by Crippen LogP contribution is -2.25. The summed E-state index contributed by atoms with van der Waals surface area (Å²) in [5.41, 5.74) is 5.47. The Kier molecular flexibility index (Phi) is 3.94. The molecule has 0 unspecified atom stereocenters. The Hall–Kier alpha value is -2.43. The summed E-state index contributed by atoms with van der Waals surface area (Å²) >= 11 is 0. The number of hydrogen-bond donors (Lipinski definition) is 0. The van der Waals surface area contributed by atoms with E-state index in [0.29, 0.717) is 18.0 Å². The molecule has 126 valence electrons. The highest BCUT2D eigenvalue weighted by Gasteiger charge is 2.30. The van der Waals surface area contributed by atoms with E-state index in [2.05, 4.69) is 24.3 Å². The van der Waals surface area contributed by atoms with Gasteiger partial charge < -0.3 is 0 Å². The van der Waals surface area contributed by atoms with E-state index in [9.17, 15) is 8.42 Å². The number of sulfonamides is 1. The average Bonchev–Trinajstić information content (AvgIpc) is 3.07. The predicted octanol–water partition coefficient (Wildman–Crippen LogP) is 4.37. The summed E-state index contributed by atoms with van der Waals surface area (Å²) in [4.78, 5) is 0.356. The quantitative estimate of drug-likeness (QED) is 0.704. The Morgan fingerprint density at radius 3 is 2.16 bits per heavy atom. The summed E-state index contributed by atoms with van der Waals surface area (Å²) in [5, 5.41) is 0. The van der Waals surface area contributed by atoms with Gasteiger partial charge in [-0.1, -0.05) is 60.2 Å². The molecule has 1 heterocycles. The van der Waals surface area contributed by atoms with Gasteiger partial charge in [-0.25, -0.2) is 8.42 Å². The largest absolute Gasteiger partial charge is 0.243 e. The second kappa shape index (κ2) is 6.14. The first kappa shape index (κ1) is 16.1. The van der Waals surface area contributed by atoms with Crippen LogP contribution in [0.4, 0.5) is 0 Å². The highest BCUT2D eigenvalue weighted by molar-refractivity contribution is 7.89. The van der Waals surface area contributed by atoms with E-state index in [0.717, 1.165) is 27.8 Å². The first-order valence-electron chi connectivity index (χ1n) is 8.28. The van der Waals surface area contributed by atoms with Gasteiger partial charge in [-0.05, 0) is 47.4 Å². The minimum absolute atomic E-state index is 0.356. The summed E-state index contributed by atoms with van der Waals surface area (Å²) in [6.07, 6.45) is 0. The van der Waals surface area contributed by atoms with Crippen LogP contribution < -0.4 is 0 Å². The Morgan fingerprint density at radius 2 is 1.44 bits per heavy atom. The number of nitrogens with zero attached hydrogens (tertiary/aromatic N) is 1. The lowest BCUT2D eigenvalue weighted by Gasteiger charge is -2.15. The molecule has 1 aliphatic heterocycles. The molecule has 0 N–H and O–H groups in total. The van der Waals surface area contributed by atoms with Crippen molar-refractivity contribution >= 4 is 10.0 Å². The minimum Gasteiger partial charge on any atom is -0.207 e. The molecular weight excluding hydrogens is 330 g/mol. The van der Waals surface area contributed by atoms with Crippen molar-refractivity contribution in [2.45, 2.75) is 24.9 Å². The number of rotatable bonds is 3. The fraction of sp³-hybridized carbons (Fsp3) is 0.143. The van der Waals surface area contributed by atoms with Crippen LogP contribution in [0.15, 0.2) is 77.7 Å². The molecule has 0 bridgehead atoms. The van der Waals surface area contributed by atoms with E-state index in [4.69, 9.17) is 0 Å². The molecule has 4 rings (SSSR count). The lowest BCUT2D eigenvalue weighted by atomic mass is 10.0. The maximum absolute atomic E-state index is 12.9. The second-order valence-corrected chi connectivity index (χ2v) is 8.37. The number of hydrogen-bond acceptors (Lipinski definition) is 2. The van der Waals surface area contributed by atoms with Crippen LogP contribution in [0.1, 0.15) is 16.7 Å². The molecule has 4 heteroatoms. The maximum atomic E-state index is 12.9. The van der Waals surface area contributed by atoms with Crippen molar-refractivity contribution < 1.29 is 8.42 Å². The Bertz CT molecular complexity index is 1010. The van der Waals surface area contributed by atoms with E-state index in [1.165, 1.54) is 0 Å².